The zero-order valence-corrected chi connectivity index (χ0v) is 15.5. The molecule has 2 aromatic rings. The molecule has 2 saturated heterocycles. The maximum absolute atomic E-state index is 12.7. The third-order valence-electron chi connectivity index (χ3n) is 5.87. The summed E-state index contributed by atoms with van der Waals surface area (Å²) < 4.78 is 0. The van der Waals surface area contributed by atoms with Gasteiger partial charge >= 0.3 is 0 Å². The predicted molar refractivity (Wildman–Crippen MR) is 104 cm³/mol. The van der Waals surface area contributed by atoms with Crippen molar-refractivity contribution >= 4 is 16.8 Å². The van der Waals surface area contributed by atoms with E-state index in [0.717, 1.165) is 43.7 Å². The second-order valence-corrected chi connectivity index (χ2v) is 7.88. The van der Waals surface area contributed by atoms with Crippen LogP contribution in [0.1, 0.15) is 36.8 Å². The molecule has 0 radical (unpaired) electrons. The summed E-state index contributed by atoms with van der Waals surface area (Å²) in [7, 11) is 0. The molecule has 0 unspecified atom stereocenters. The number of carbonyl (C=O) groups is 1. The topological polar surface area (TPSA) is 62.5 Å². The Morgan fingerprint density at radius 2 is 2.12 bits per heavy atom. The van der Waals surface area contributed by atoms with Gasteiger partial charge in [0, 0.05) is 37.1 Å². The Balaban J connectivity index is 1.60. The van der Waals surface area contributed by atoms with Crippen molar-refractivity contribution in [2.24, 2.45) is 11.7 Å². The Labute approximate surface area is 155 Å². The number of nitrogens with two attached hydrogens (primary N) is 1. The average Bonchev–Trinajstić information content (AvgIpc) is 2.63. The van der Waals surface area contributed by atoms with Crippen LogP contribution in [0.25, 0.3) is 10.9 Å². The molecule has 0 spiro atoms. The number of piperidine rings is 1. The number of hydrogen-bond acceptors (Lipinski definition) is 4. The summed E-state index contributed by atoms with van der Waals surface area (Å²) in [6.07, 6.45) is 4.16. The first kappa shape index (κ1) is 17.4. The number of pyridine rings is 1. The van der Waals surface area contributed by atoms with E-state index in [1.54, 1.807) is 0 Å². The predicted octanol–water partition coefficient (Wildman–Crippen LogP) is 2.35. The van der Waals surface area contributed by atoms with Gasteiger partial charge in [0.25, 0.3) is 0 Å². The van der Waals surface area contributed by atoms with Crippen molar-refractivity contribution in [1.29, 1.82) is 0 Å². The smallest absolute Gasteiger partial charge is 0.236 e. The molecule has 0 bridgehead atoms. The Hall–Kier alpha value is -1.98. The van der Waals surface area contributed by atoms with Crippen LogP contribution in [0.2, 0.25) is 0 Å². The van der Waals surface area contributed by atoms with Crippen LogP contribution >= 0.6 is 0 Å². The van der Waals surface area contributed by atoms with E-state index < -0.39 is 0 Å². The number of carbonyl (C=O) groups excluding carboxylic acids is 1. The van der Waals surface area contributed by atoms with Gasteiger partial charge in [0.15, 0.2) is 0 Å². The van der Waals surface area contributed by atoms with E-state index in [1.165, 1.54) is 17.4 Å². The lowest BCUT2D eigenvalue weighted by molar-refractivity contribution is -0.135. The van der Waals surface area contributed by atoms with Crippen LogP contribution in [0.3, 0.4) is 0 Å². The second kappa shape index (κ2) is 7.33. The molecule has 4 rings (SSSR count). The first-order valence-electron chi connectivity index (χ1n) is 9.72. The molecular weight excluding hydrogens is 324 g/mol. The van der Waals surface area contributed by atoms with E-state index in [4.69, 9.17) is 5.73 Å². The summed E-state index contributed by atoms with van der Waals surface area (Å²) >= 11 is 0. The minimum absolute atomic E-state index is 0.280. The molecule has 3 heterocycles. The Bertz CT molecular complexity index is 802. The number of rotatable bonds is 4. The largest absolute Gasteiger partial charge is 0.341 e. The average molecular weight is 352 g/mol. The maximum Gasteiger partial charge on any atom is 0.236 e. The lowest BCUT2D eigenvalue weighted by Gasteiger charge is -2.39. The lowest BCUT2D eigenvalue weighted by Crippen LogP contribution is -2.49. The molecule has 138 valence electrons. The Morgan fingerprint density at radius 1 is 1.27 bits per heavy atom. The van der Waals surface area contributed by atoms with Gasteiger partial charge < -0.3 is 10.6 Å². The number of nitrogens with zero attached hydrogens (tertiary/aromatic N) is 3. The summed E-state index contributed by atoms with van der Waals surface area (Å²) in [5.74, 6) is 1.15. The molecule has 26 heavy (non-hydrogen) atoms. The molecule has 2 aliphatic rings. The van der Waals surface area contributed by atoms with Gasteiger partial charge in [-0.05, 0) is 49.0 Å². The van der Waals surface area contributed by atoms with Crippen LogP contribution in [0.5, 0.6) is 0 Å². The quantitative estimate of drug-likeness (QED) is 0.917. The van der Waals surface area contributed by atoms with Crippen molar-refractivity contribution in [2.45, 2.75) is 32.2 Å². The van der Waals surface area contributed by atoms with Crippen molar-refractivity contribution in [3.63, 3.8) is 0 Å². The number of amides is 1. The van der Waals surface area contributed by atoms with Crippen molar-refractivity contribution < 1.29 is 4.79 Å². The van der Waals surface area contributed by atoms with Gasteiger partial charge in [0.05, 0.1) is 12.1 Å². The van der Waals surface area contributed by atoms with Crippen LogP contribution in [0.15, 0.2) is 30.5 Å². The van der Waals surface area contributed by atoms with E-state index in [2.05, 4.69) is 39.9 Å². The summed E-state index contributed by atoms with van der Waals surface area (Å²) in [5, 5.41) is 1.18. The van der Waals surface area contributed by atoms with Gasteiger partial charge in [-0.15, -0.1) is 0 Å². The van der Waals surface area contributed by atoms with Gasteiger partial charge in [-0.1, -0.05) is 25.1 Å². The van der Waals surface area contributed by atoms with Crippen LogP contribution < -0.4 is 5.73 Å². The monoisotopic (exact) mass is 352 g/mol. The molecule has 5 nitrogen and oxygen atoms in total. The van der Waals surface area contributed by atoms with Gasteiger partial charge in [-0.2, -0.15) is 0 Å². The van der Waals surface area contributed by atoms with Gasteiger partial charge in [-0.25, -0.2) is 0 Å². The summed E-state index contributed by atoms with van der Waals surface area (Å²) in [6.45, 7) is 7.14. The highest BCUT2D eigenvalue weighted by Crippen LogP contribution is 2.35. The maximum atomic E-state index is 12.7. The molecule has 2 N–H and O–H groups in total. The second-order valence-electron chi connectivity index (χ2n) is 7.88. The zero-order chi connectivity index (χ0) is 18.1. The summed E-state index contributed by atoms with van der Waals surface area (Å²) in [4.78, 5) is 21.6. The van der Waals surface area contributed by atoms with E-state index in [9.17, 15) is 4.79 Å². The molecule has 2 atom stereocenters. The third-order valence-corrected chi connectivity index (χ3v) is 5.87. The van der Waals surface area contributed by atoms with Crippen molar-refractivity contribution in [1.82, 2.24) is 14.8 Å². The fourth-order valence-electron chi connectivity index (χ4n) is 4.39. The van der Waals surface area contributed by atoms with Crippen molar-refractivity contribution in [3.05, 3.63) is 41.6 Å². The SMILES string of the molecule is C[C@@H]1C[C@H](c2ccc(CN)c3ncccc23)CN(C(=O)CN2CCC2)C1. The minimum atomic E-state index is 0.280. The van der Waals surface area contributed by atoms with Gasteiger partial charge in [0.2, 0.25) is 5.91 Å². The third kappa shape index (κ3) is 3.33. The van der Waals surface area contributed by atoms with Crippen LogP contribution in [-0.4, -0.2) is 53.4 Å². The minimum Gasteiger partial charge on any atom is -0.341 e. The standard InChI is InChI=1S/C21H28N4O/c1-15-10-17(13-25(12-15)20(26)14-24-8-3-9-24)18-6-5-16(11-22)21-19(18)4-2-7-23-21/h2,4-7,15,17H,3,8-14,22H2,1H3/t15-,17+/m1/s1. The molecule has 1 aromatic carbocycles. The lowest BCUT2D eigenvalue weighted by atomic mass is 9.83. The molecule has 1 amide bonds. The van der Waals surface area contributed by atoms with Gasteiger partial charge in [-0.3, -0.25) is 14.7 Å². The van der Waals surface area contributed by atoms with Crippen molar-refractivity contribution in [2.75, 3.05) is 32.7 Å². The van der Waals surface area contributed by atoms with E-state index in [1.807, 2.05) is 12.3 Å². The number of benzene rings is 1. The van der Waals surface area contributed by atoms with Crippen molar-refractivity contribution in [3.8, 4) is 0 Å². The number of aromatic nitrogens is 1. The number of hydrogen-bond donors (Lipinski definition) is 1. The molecule has 2 aliphatic heterocycles. The first-order chi connectivity index (χ1) is 12.7. The van der Waals surface area contributed by atoms with E-state index in [0.29, 0.717) is 24.9 Å². The Kier molecular flexibility index (Phi) is 4.92. The van der Waals surface area contributed by atoms with Crippen LogP contribution in [-0.2, 0) is 11.3 Å². The normalized spacial score (nSPS) is 23.8. The van der Waals surface area contributed by atoms with E-state index in [-0.39, 0.29) is 5.91 Å². The van der Waals surface area contributed by atoms with Crippen LogP contribution in [0.4, 0.5) is 0 Å². The van der Waals surface area contributed by atoms with Gasteiger partial charge in [0.1, 0.15) is 0 Å². The highest BCUT2D eigenvalue weighted by atomic mass is 16.2. The summed E-state index contributed by atoms with van der Waals surface area (Å²) in [5.41, 5.74) is 9.29. The van der Waals surface area contributed by atoms with Crippen LogP contribution in [0, 0.1) is 5.92 Å². The Morgan fingerprint density at radius 3 is 2.85 bits per heavy atom. The molecule has 0 saturated carbocycles. The first-order valence-corrected chi connectivity index (χ1v) is 9.72. The highest BCUT2D eigenvalue weighted by molar-refractivity contribution is 5.86. The number of likely N-dealkylation sites (tertiary alicyclic amines) is 2. The number of fused-ring (bicyclic) bond motifs is 1. The zero-order valence-electron chi connectivity index (χ0n) is 15.5. The molecule has 0 aliphatic carbocycles. The molecule has 5 heteroatoms. The highest BCUT2D eigenvalue weighted by Gasteiger charge is 2.31. The molecule has 1 aromatic heterocycles. The molecule has 2 fully saturated rings. The fourth-order valence-corrected chi connectivity index (χ4v) is 4.39. The summed E-state index contributed by atoms with van der Waals surface area (Å²) in [6, 6.07) is 8.44. The fraction of sp³-hybridized carbons (Fsp3) is 0.524. The van der Waals surface area contributed by atoms with E-state index >= 15 is 0 Å². The molecular formula is C21H28N4O.